The number of likely N-dealkylation sites (tertiary alicyclic amines) is 2. The highest BCUT2D eigenvalue weighted by atomic mass is 16.2. The Morgan fingerprint density at radius 3 is 2.33 bits per heavy atom. The van der Waals surface area contributed by atoms with E-state index in [4.69, 9.17) is 0 Å². The van der Waals surface area contributed by atoms with Gasteiger partial charge in [0.2, 0.25) is 23.5 Å². The van der Waals surface area contributed by atoms with Gasteiger partial charge in [0.1, 0.15) is 24.2 Å². The molecule has 13 nitrogen and oxygen atoms in total. The largest absolute Gasteiger partial charge is 0.347 e. The van der Waals surface area contributed by atoms with Crippen molar-refractivity contribution in [1.82, 2.24) is 35.7 Å². The Hall–Kier alpha value is -3.77. The predicted octanol–water partition coefficient (Wildman–Crippen LogP) is 2.33. The highest BCUT2D eigenvalue weighted by molar-refractivity contribution is 6.38. The maximum atomic E-state index is 14.6. The molecule has 5 amide bonds. The lowest BCUT2D eigenvalue weighted by atomic mass is 9.82. The fourth-order valence-corrected chi connectivity index (χ4v) is 7.76. The van der Waals surface area contributed by atoms with Crippen molar-refractivity contribution >= 4 is 35.3 Å². The molecular weight excluding hydrogens is 614 g/mol. The molecule has 2 aliphatic carbocycles. The number of hydrogen-bond donors (Lipinski definition) is 4. The van der Waals surface area contributed by atoms with Gasteiger partial charge in [-0.2, -0.15) is 0 Å². The maximum absolute atomic E-state index is 14.6. The normalized spacial score (nSPS) is 25.1. The second kappa shape index (κ2) is 14.8. The Bertz CT molecular complexity index is 1360. The SMILES string of the molecule is CCC[C@@H](C(=O)C(=O)NC1CC1)N1CC[C@H]2CN(C(=O)[C@@H](NC(=O)[C@@H](NC(=O)c3ncc[nH]3)C3CCCCC3)C(C)(C)C)[C@H](C1=O)[C@H]2C. The first-order chi connectivity index (χ1) is 22.8. The first kappa shape index (κ1) is 35.5. The molecule has 0 radical (unpaired) electrons. The first-order valence-electron chi connectivity index (χ1n) is 17.9. The molecule has 1 aromatic rings. The van der Waals surface area contributed by atoms with E-state index in [0.29, 0.717) is 32.4 Å². The van der Waals surface area contributed by atoms with E-state index in [1.165, 1.54) is 11.1 Å². The van der Waals surface area contributed by atoms with Gasteiger partial charge in [0.05, 0.1) is 0 Å². The van der Waals surface area contributed by atoms with Gasteiger partial charge in [0, 0.05) is 31.5 Å². The minimum absolute atomic E-state index is 0.0180. The Kier molecular flexibility index (Phi) is 10.9. The number of ketones is 1. The summed E-state index contributed by atoms with van der Waals surface area (Å²) >= 11 is 0. The molecule has 264 valence electrons. The molecule has 1 aromatic heterocycles. The van der Waals surface area contributed by atoms with E-state index in [1.54, 1.807) is 11.1 Å². The Balaban J connectivity index is 1.37. The van der Waals surface area contributed by atoms with Crippen LogP contribution in [0.2, 0.25) is 0 Å². The molecule has 4 N–H and O–H groups in total. The third-order valence-corrected chi connectivity index (χ3v) is 10.7. The van der Waals surface area contributed by atoms with Crippen molar-refractivity contribution in [3.8, 4) is 0 Å². The number of carbonyl (C=O) groups is 6. The molecule has 48 heavy (non-hydrogen) atoms. The zero-order valence-electron chi connectivity index (χ0n) is 29.0. The topological polar surface area (TPSA) is 174 Å². The predicted molar refractivity (Wildman–Crippen MR) is 177 cm³/mol. The molecule has 0 unspecified atom stereocenters. The molecule has 3 heterocycles. The van der Waals surface area contributed by atoms with E-state index in [-0.39, 0.29) is 41.4 Å². The van der Waals surface area contributed by atoms with Crippen molar-refractivity contribution in [3.63, 3.8) is 0 Å². The van der Waals surface area contributed by atoms with Gasteiger partial charge in [-0.15, -0.1) is 0 Å². The van der Waals surface area contributed by atoms with Crippen LogP contribution in [0.5, 0.6) is 0 Å². The summed E-state index contributed by atoms with van der Waals surface area (Å²) in [5, 5.41) is 8.67. The second-order valence-electron chi connectivity index (χ2n) is 15.4. The number of nitrogens with one attached hydrogen (secondary N) is 4. The minimum atomic E-state index is -0.983. The number of rotatable bonds is 12. The molecule has 2 saturated heterocycles. The first-order valence-corrected chi connectivity index (χ1v) is 17.9. The van der Waals surface area contributed by atoms with E-state index < -0.39 is 53.1 Å². The fourth-order valence-electron chi connectivity index (χ4n) is 7.76. The van der Waals surface area contributed by atoms with Crippen molar-refractivity contribution in [3.05, 3.63) is 18.2 Å². The molecule has 2 saturated carbocycles. The molecule has 13 heteroatoms. The van der Waals surface area contributed by atoms with Crippen molar-refractivity contribution in [2.45, 2.75) is 129 Å². The molecule has 5 rings (SSSR count). The van der Waals surface area contributed by atoms with Gasteiger partial charge in [-0.3, -0.25) is 28.8 Å². The summed E-state index contributed by atoms with van der Waals surface area (Å²) in [6, 6.07) is -3.54. The van der Waals surface area contributed by atoms with E-state index in [0.717, 1.165) is 44.9 Å². The van der Waals surface area contributed by atoms with Gasteiger partial charge in [-0.25, -0.2) is 4.98 Å². The molecule has 6 atom stereocenters. The second-order valence-corrected chi connectivity index (χ2v) is 15.4. The number of carbonyl (C=O) groups excluding carboxylic acids is 6. The maximum Gasteiger partial charge on any atom is 0.289 e. The monoisotopic (exact) mass is 667 g/mol. The number of aromatic amines is 1. The summed E-state index contributed by atoms with van der Waals surface area (Å²) in [6.07, 6.45) is 10.8. The van der Waals surface area contributed by atoms with E-state index in [1.807, 2.05) is 34.6 Å². The third kappa shape index (κ3) is 7.75. The lowest BCUT2D eigenvalue weighted by Crippen LogP contribution is -2.62. The lowest BCUT2D eigenvalue weighted by molar-refractivity contribution is -0.153. The Morgan fingerprint density at radius 2 is 1.73 bits per heavy atom. The zero-order valence-corrected chi connectivity index (χ0v) is 29.0. The van der Waals surface area contributed by atoms with Gasteiger partial charge < -0.3 is 30.7 Å². The van der Waals surface area contributed by atoms with E-state index in [2.05, 4.69) is 25.9 Å². The summed E-state index contributed by atoms with van der Waals surface area (Å²) in [5.74, 6) is -3.01. The Morgan fingerprint density at radius 1 is 1.02 bits per heavy atom. The molecular formula is C35H53N7O6. The number of nitrogens with zero attached hydrogens (tertiary/aromatic N) is 3. The minimum Gasteiger partial charge on any atom is -0.347 e. The molecule has 2 aliphatic heterocycles. The molecule has 4 aliphatic rings. The van der Waals surface area contributed by atoms with Gasteiger partial charge in [-0.05, 0) is 61.7 Å². The standard InChI is InChI=1S/C35H53N7O6/c1-6-10-24(27(43)31(45)38-23-13-14-23)41-18-15-22-19-42(26(20(22)2)33(41)47)34(48)28(35(3,4)5)40-30(44)25(21-11-8-7-9-12-21)39-32(46)29-36-16-17-37-29/h16-17,20-26,28H,6-15,18-19H2,1-5H3,(H,36,37)(H,38,45)(H,39,46)(H,40,44)/t20-,22-,24-,25-,26-,28+/m0/s1. The number of fused-ring (bicyclic) bond motifs is 2. The zero-order chi connectivity index (χ0) is 34.7. The van der Waals surface area contributed by atoms with Gasteiger partial charge in [0.15, 0.2) is 5.82 Å². The highest BCUT2D eigenvalue weighted by Crippen LogP contribution is 2.39. The summed E-state index contributed by atoms with van der Waals surface area (Å²) in [4.78, 5) is 92.2. The van der Waals surface area contributed by atoms with Crippen LogP contribution in [-0.4, -0.2) is 98.4 Å². The van der Waals surface area contributed by atoms with Crippen LogP contribution in [0.1, 0.15) is 109 Å². The summed E-state index contributed by atoms with van der Waals surface area (Å²) in [5.41, 5.74) is -0.727. The summed E-state index contributed by atoms with van der Waals surface area (Å²) < 4.78 is 0. The molecule has 0 spiro atoms. The van der Waals surface area contributed by atoms with Crippen molar-refractivity contribution in [1.29, 1.82) is 0 Å². The Labute approximate surface area is 283 Å². The van der Waals surface area contributed by atoms with E-state index >= 15 is 0 Å². The molecule has 4 fully saturated rings. The van der Waals surface area contributed by atoms with Crippen LogP contribution in [0.15, 0.2) is 12.4 Å². The van der Waals surface area contributed by atoms with Crippen LogP contribution in [0.3, 0.4) is 0 Å². The van der Waals surface area contributed by atoms with Crippen LogP contribution in [-0.2, 0) is 24.0 Å². The number of imidazole rings is 1. The van der Waals surface area contributed by atoms with Crippen LogP contribution in [0.25, 0.3) is 0 Å². The average Bonchev–Trinajstić information content (AvgIpc) is 3.58. The fraction of sp³-hybridized carbons (Fsp3) is 0.743. The van der Waals surface area contributed by atoms with Crippen molar-refractivity contribution < 1.29 is 28.8 Å². The number of hydrogen-bond acceptors (Lipinski definition) is 7. The molecule has 0 aromatic carbocycles. The number of aromatic nitrogens is 2. The van der Waals surface area contributed by atoms with Gasteiger partial charge >= 0.3 is 0 Å². The number of Topliss-reactive ketones (excluding diaryl/α,β-unsaturated/α-hetero) is 1. The van der Waals surface area contributed by atoms with Crippen LogP contribution < -0.4 is 16.0 Å². The van der Waals surface area contributed by atoms with Gasteiger partial charge in [0.25, 0.3) is 11.8 Å². The number of H-pyrrole nitrogens is 1. The third-order valence-electron chi connectivity index (χ3n) is 10.7. The quantitative estimate of drug-likeness (QED) is 0.248. The van der Waals surface area contributed by atoms with Gasteiger partial charge in [-0.1, -0.05) is 60.3 Å². The average molecular weight is 668 g/mol. The van der Waals surface area contributed by atoms with Crippen LogP contribution in [0, 0.1) is 23.2 Å². The van der Waals surface area contributed by atoms with Crippen molar-refractivity contribution in [2.75, 3.05) is 13.1 Å². The molecule has 2 bridgehead atoms. The summed E-state index contributed by atoms with van der Waals surface area (Å²) in [7, 11) is 0. The highest BCUT2D eigenvalue weighted by Gasteiger charge is 2.53. The van der Waals surface area contributed by atoms with Crippen LogP contribution in [0.4, 0.5) is 0 Å². The smallest absolute Gasteiger partial charge is 0.289 e. The van der Waals surface area contributed by atoms with Crippen molar-refractivity contribution in [2.24, 2.45) is 23.2 Å². The summed E-state index contributed by atoms with van der Waals surface area (Å²) in [6.45, 7) is 10.2. The number of amides is 5. The van der Waals surface area contributed by atoms with Crippen LogP contribution >= 0.6 is 0 Å². The van der Waals surface area contributed by atoms with E-state index in [9.17, 15) is 28.8 Å². The lowest BCUT2D eigenvalue weighted by Gasteiger charge is -2.40.